The Bertz CT molecular complexity index is 1010. The third-order valence-corrected chi connectivity index (χ3v) is 11.2. The summed E-state index contributed by atoms with van der Waals surface area (Å²) in [5, 5.41) is 12.0. The van der Waals surface area contributed by atoms with Gasteiger partial charge < -0.3 is 20.9 Å². The number of unbranched alkanes of at least 4 members (excludes halogenated alkanes) is 25. The Kier molecular flexibility index (Phi) is 43.8. The molecule has 0 aromatic carbocycles. The maximum atomic E-state index is 12.9. The van der Waals surface area contributed by atoms with Gasteiger partial charge in [-0.25, -0.2) is 4.79 Å². The predicted octanol–water partition coefficient (Wildman–Crippen LogP) is 14.6. The molecule has 0 spiro atoms. The summed E-state index contributed by atoms with van der Waals surface area (Å²) in [7, 11) is 0. The van der Waals surface area contributed by atoms with E-state index in [0.29, 0.717) is 32.2 Å². The minimum absolute atomic E-state index is 0.00756. The van der Waals surface area contributed by atoms with E-state index in [1.54, 1.807) is 0 Å². The molecular formula is C51H94N2O5. The maximum Gasteiger partial charge on any atom is 0.326 e. The molecule has 4 N–H and O–H groups in total. The molecule has 0 aliphatic carbocycles. The zero-order chi connectivity index (χ0) is 42.4. The number of ether oxygens (including phenoxy) is 1. The molecule has 7 heteroatoms. The largest absolute Gasteiger partial charge is 0.480 e. The summed E-state index contributed by atoms with van der Waals surface area (Å²) < 4.78 is 6.07. The molecule has 7 nitrogen and oxygen atoms in total. The summed E-state index contributed by atoms with van der Waals surface area (Å²) in [6.07, 6.45) is 54.8. The van der Waals surface area contributed by atoms with E-state index in [-0.39, 0.29) is 18.0 Å². The third-order valence-electron chi connectivity index (χ3n) is 11.2. The van der Waals surface area contributed by atoms with Crippen LogP contribution in [-0.4, -0.2) is 41.6 Å². The van der Waals surface area contributed by atoms with Crippen LogP contribution >= 0.6 is 0 Å². The Balaban J connectivity index is 4.30. The second-order valence-corrected chi connectivity index (χ2v) is 16.9. The van der Waals surface area contributed by atoms with Crippen LogP contribution in [0.4, 0.5) is 0 Å². The molecule has 0 heterocycles. The average Bonchev–Trinajstić information content (AvgIpc) is 3.21. The summed E-state index contributed by atoms with van der Waals surface area (Å²) in [6.45, 7) is 4.94. The summed E-state index contributed by atoms with van der Waals surface area (Å²) in [6, 6.07) is -0.857. The molecule has 0 aromatic heterocycles. The van der Waals surface area contributed by atoms with Crippen LogP contribution in [0, 0.1) is 0 Å². The number of nitrogens with one attached hydrogen (secondary N) is 1. The van der Waals surface area contributed by atoms with Gasteiger partial charge in [-0.2, -0.15) is 0 Å². The second-order valence-electron chi connectivity index (χ2n) is 16.9. The van der Waals surface area contributed by atoms with Crippen molar-refractivity contribution in [1.82, 2.24) is 5.32 Å². The average molecular weight is 815 g/mol. The van der Waals surface area contributed by atoms with E-state index in [1.807, 2.05) is 0 Å². The van der Waals surface area contributed by atoms with E-state index >= 15 is 0 Å². The molecule has 0 fully saturated rings. The number of carbonyl (C=O) groups is 3. The predicted molar refractivity (Wildman–Crippen MR) is 248 cm³/mol. The van der Waals surface area contributed by atoms with Crippen molar-refractivity contribution in [3.05, 3.63) is 36.5 Å². The number of rotatable bonds is 45. The van der Waals surface area contributed by atoms with Crippen LogP contribution < -0.4 is 11.1 Å². The molecule has 0 aliphatic rings. The fourth-order valence-electron chi connectivity index (χ4n) is 7.46. The molecule has 338 valence electrons. The van der Waals surface area contributed by atoms with Crippen LogP contribution in [0.25, 0.3) is 0 Å². The van der Waals surface area contributed by atoms with Crippen LogP contribution in [-0.2, 0) is 19.1 Å². The number of esters is 1. The molecule has 0 saturated heterocycles. The van der Waals surface area contributed by atoms with Crippen molar-refractivity contribution in [2.45, 2.75) is 264 Å². The van der Waals surface area contributed by atoms with Crippen molar-refractivity contribution in [3.63, 3.8) is 0 Å². The first-order chi connectivity index (χ1) is 28.4. The highest BCUT2D eigenvalue weighted by atomic mass is 16.5. The van der Waals surface area contributed by atoms with Crippen molar-refractivity contribution in [2.75, 3.05) is 6.54 Å². The van der Waals surface area contributed by atoms with Gasteiger partial charge >= 0.3 is 11.9 Å². The third kappa shape index (κ3) is 41.7. The summed E-state index contributed by atoms with van der Waals surface area (Å²) in [5.74, 6) is -1.23. The van der Waals surface area contributed by atoms with E-state index < -0.39 is 12.0 Å². The van der Waals surface area contributed by atoms with Crippen molar-refractivity contribution < 1.29 is 24.2 Å². The molecule has 0 bridgehead atoms. The second kappa shape index (κ2) is 45.7. The topological polar surface area (TPSA) is 119 Å². The maximum absolute atomic E-state index is 12.9. The molecule has 0 radical (unpaired) electrons. The molecule has 0 aliphatic heterocycles. The van der Waals surface area contributed by atoms with Crippen LogP contribution in [0.15, 0.2) is 36.5 Å². The molecule has 2 atom stereocenters. The highest BCUT2D eigenvalue weighted by Gasteiger charge is 2.19. The highest BCUT2D eigenvalue weighted by Crippen LogP contribution is 2.19. The minimum atomic E-state index is -1.00. The molecule has 0 aromatic rings. The number of aliphatic carboxylic acids is 1. The van der Waals surface area contributed by atoms with E-state index in [2.05, 4.69) is 55.6 Å². The minimum Gasteiger partial charge on any atom is -0.480 e. The fourth-order valence-corrected chi connectivity index (χ4v) is 7.46. The smallest absolute Gasteiger partial charge is 0.326 e. The Morgan fingerprint density at radius 3 is 1.38 bits per heavy atom. The van der Waals surface area contributed by atoms with E-state index in [4.69, 9.17) is 10.5 Å². The zero-order valence-corrected chi connectivity index (χ0v) is 38.1. The van der Waals surface area contributed by atoms with Crippen molar-refractivity contribution in [2.24, 2.45) is 5.73 Å². The van der Waals surface area contributed by atoms with Crippen LogP contribution in [0.5, 0.6) is 0 Å². The lowest BCUT2D eigenvalue weighted by atomic mass is 10.0. The number of hydrogen-bond acceptors (Lipinski definition) is 5. The quantitative estimate of drug-likeness (QED) is 0.0320. The molecule has 2 unspecified atom stereocenters. The number of allylic oxidation sites excluding steroid dienone is 6. The number of amides is 1. The fraction of sp³-hybridized carbons (Fsp3) is 0.824. The van der Waals surface area contributed by atoms with E-state index in [1.165, 1.54) is 128 Å². The Hall–Kier alpha value is -2.41. The number of hydrogen-bond donors (Lipinski definition) is 3. The first-order valence-electron chi connectivity index (χ1n) is 24.8. The SMILES string of the molecule is CCCCC/C=C\C/C=C\C/C=C\CCCCCCCCC(=O)OC(CCCCCCCCCCCCCCC)CCCCCCCC(=O)NC(CCCN)C(=O)O. The lowest BCUT2D eigenvalue weighted by Gasteiger charge is -2.18. The van der Waals surface area contributed by atoms with Gasteiger partial charge in [0, 0.05) is 12.8 Å². The van der Waals surface area contributed by atoms with Crippen molar-refractivity contribution >= 4 is 17.8 Å². The van der Waals surface area contributed by atoms with Crippen LogP contribution in [0.1, 0.15) is 251 Å². The van der Waals surface area contributed by atoms with Crippen LogP contribution in [0.2, 0.25) is 0 Å². The lowest BCUT2D eigenvalue weighted by molar-refractivity contribution is -0.150. The summed E-state index contributed by atoms with van der Waals surface area (Å²) in [5.41, 5.74) is 5.50. The van der Waals surface area contributed by atoms with Gasteiger partial charge in [-0.05, 0) is 96.4 Å². The first kappa shape index (κ1) is 55.6. The number of carbonyl (C=O) groups excluding carboxylic acids is 2. The van der Waals surface area contributed by atoms with Gasteiger partial charge in [-0.3, -0.25) is 9.59 Å². The number of carboxylic acid groups (broad SMARTS) is 1. The Labute approximate surface area is 358 Å². The van der Waals surface area contributed by atoms with Gasteiger partial charge in [-0.1, -0.05) is 185 Å². The van der Waals surface area contributed by atoms with Gasteiger partial charge in [0.25, 0.3) is 0 Å². The van der Waals surface area contributed by atoms with E-state index in [9.17, 15) is 19.5 Å². The summed E-state index contributed by atoms with van der Waals surface area (Å²) in [4.78, 5) is 36.5. The summed E-state index contributed by atoms with van der Waals surface area (Å²) >= 11 is 0. The first-order valence-corrected chi connectivity index (χ1v) is 24.8. The zero-order valence-electron chi connectivity index (χ0n) is 38.1. The van der Waals surface area contributed by atoms with Gasteiger partial charge in [-0.15, -0.1) is 0 Å². The van der Waals surface area contributed by atoms with E-state index in [0.717, 1.165) is 83.5 Å². The van der Waals surface area contributed by atoms with Crippen molar-refractivity contribution in [3.8, 4) is 0 Å². The Morgan fingerprint density at radius 1 is 0.500 bits per heavy atom. The molecule has 58 heavy (non-hydrogen) atoms. The van der Waals surface area contributed by atoms with Crippen molar-refractivity contribution in [1.29, 1.82) is 0 Å². The van der Waals surface area contributed by atoms with Gasteiger partial charge in [0.1, 0.15) is 12.1 Å². The molecular weight excluding hydrogens is 721 g/mol. The van der Waals surface area contributed by atoms with Gasteiger partial charge in [0.05, 0.1) is 0 Å². The highest BCUT2D eigenvalue weighted by molar-refractivity contribution is 5.83. The molecule has 1 amide bonds. The van der Waals surface area contributed by atoms with Gasteiger partial charge in [0.15, 0.2) is 0 Å². The number of nitrogens with two attached hydrogens (primary N) is 1. The monoisotopic (exact) mass is 815 g/mol. The molecule has 0 saturated carbocycles. The Morgan fingerprint density at radius 2 is 0.897 bits per heavy atom. The lowest BCUT2D eigenvalue weighted by Crippen LogP contribution is -2.40. The number of carboxylic acids is 1. The molecule has 0 rings (SSSR count). The normalized spacial score (nSPS) is 12.9. The van der Waals surface area contributed by atoms with Crippen LogP contribution in [0.3, 0.4) is 0 Å². The standard InChI is InChI=1S/C51H94N2O5/c1-3-5-7-9-11-13-15-17-18-19-20-21-22-24-26-28-30-35-39-45-50(55)58-47(41-36-32-29-27-25-23-16-14-12-10-8-6-4-2)42-37-33-31-34-38-44-49(54)53-48(51(56)57)43-40-46-52/h11,13,17-18,20-21,47-48H,3-10,12,14-16,19,22-46,52H2,1-2H3,(H,53,54)(H,56,57)/b13-11-,18-17-,21-20-. The van der Waals surface area contributed by atoms with Gasteiger partial charge in [0.2, 0.25) is 5.91 Å².